The normalized spacial score (nSPS) is 20.5. The Hall–Kier alpha value is -0.240. The van der Waals surface area contributed by atoms with Gasteiger partial charge in [-0.1, -0.05) is 33.6 Å². The van der Waals surface area contributed by atoms with Gasteiger partial charge in [0.2, 0.25) is 5.91 Å². The quantitative estimate of drug-likeness (QED) is 0.724. The molecule has 0 aromatic rings. The van der Waals surface area contributed by atoms with E-state index in [4.69, 9.17) is 11.6 Å². The molecule has 0 heterocycles. The van der Waals surface area contributed by atoms with Crippen molar-refractivity contribution in [1.29, 1.82) is 0 Å². The number of rotatable bonds is 6. The van der Waals surface area contributed by atoms with Gasteiger partial charge in [0.15, 0.2) is 0 Å². The number of carbonyl (C=O) groups excluding carboxylic acids is 1. The summed E-state index contributed by atoms with van der Waals surface area (Å²) in [7, 11) is 0. The predicted octanol–water partition coefficient (Wildman–Crippen LogP) is 3.73. The Labute approximate surface area is 110 Å². The lowest BCUT2D eigenvalue weighted by Crippen LogP contribution is -2.42. The van der Waals surface area contributed by atoms with Crippen LogP contribution in [0.25, 0.3) is 0 Å². The summed E-state index contributed by atoms with van der Waals surface area (Å²) >= 11 is 6.05. The molecule has 0 saturated heterocycles. The molecule has 3 heteroatoms. The predicted molar refractivity (Wildman–Crippen MR) is 73.3 cm³/mol. The highest BCUT2D eigenvalue weighted by molar-refractivity contribution is 6.20. The molecule has 1 saturated carbocycles. The average molecular weight is 260 g/mol. The van der Waals surface area contributed by atoms with Crippen LogP contribution in [0.4, 0.5) is 0 Å². The van der Waals surface area contributed by atoms with Crippen molar-refractivity contribution in [3.63, 3.8) is 0 Å². The Balaban J connectivity index is 2.55. The minimum Gasteiger partial charge on any atom is -0.354 e. The Morgan fingerprint density at radius 2 is 1.94 bits per heavy atom. The van der Waals surface area contributed by atoms with Gasteiger partial charge in [-0.05, 0) is 31.6 Å². The van der Waals surface area contributed by atoms with Gasteiger partial charge in [-0.15, -0.1) is 11.6 Å². The SMILES string of the molecule is CCC(Cl)CNC(=O)C1(CC(C)C)CCCC1. The van der Waals surface area contributed by atoms with Gasteiger partial charge in [-0.3, -0.25) is 4.79 Å². The number of halogens is 1. The Kier molecular flexibility index (Phi) is 5.78. The summed E-state index contributed by atoms with van der Waals surface area (Å²) in [4.78, 5) is 12.4. The molecule has 2 nitrogen and oxygen atoms in total. The van der Waals surface area contributed by atoms with E-state index in [2.05, 4.69) is 19.2 Å². The largest absolute Gasteiger partial charge is 0.354 e. The maximum atomic E-state index is 12.4. The fourth-order valence-corrected chi connectivity index (χ4v) is 2.97. The first-order valence-electron chi connectivity index (χ1n) is 6.92. The van der Waals surface area contributed by atoms with Crippen molar-refractivity contribution < 1.29 is 4.79 Å². The van der Waals surface area contributed by atoms with Crippen LogP contribution in [0.15, 0.2) is 0 Å². The Morgan fingerprint density at radius 1 is 1.35 bits per heavy atom. The molecule has 1 aliphatic carbocycles. The van der Waals surface area contributed by atoms with Gasteiger partial charge in [-0.25, -0.2) is 0 Å². The van der Waals surface area contributed by atoms with Crippen LogP contribution in [0.3, 0.4) is 0 Å². The number of carbonyl (C=O) groups is 1. The van der Waals surface area contributed by atoms with Gasteiger partial charge in [0.1, 0.15) is 0 Å². The number of alkyl halides is 1. The molecule has 0 aromatic heterocycles. The highest BCUT2D eigenvalue weighted by Crippen LogP contribution is 2.43. The molecule has 100 valence electrons. The van der Waals surface area contributed by atoms with E-state index < -0.39 is 0 Å². The molecular formula is C14H26ClNO. The van der Waals surface area contributed by atoms with E-state index in [-0.39, 0.29) is 16.7 Å². The van der Waals surface area contributed by atoms with Crippen molar-refractivity contribution >= 4 is 17.5 Å². The van der Waals surface area contributed by atoms with Crippen LogP contribution in [-0.2, 0) is 4.79 Å². The van der Waals surface area contributed by atoms with Crippen molar-refractivity contribution in [3.8, 4) is 0 Å². The van der Waals surface area contributed by atoms with E-state index in [0.29, 0.717) is 12.5 Å². The van der Waals surface area contributed by atoms with Gasteiger partial charge in [0.05, 0.1) is 5.38 Å². The van der Waals surface area contributed by atoms with Crippen LogP contribution in [0.5, 0.6) is 0 Å². The van der Waals surface area contributed by atoms with E-state index >= 15 is 0 Å². The summed E-state index contributed by atoms with van der Waals surface area (Å²) in [5.74, 6) is 0.819. The number of nitrogens with one attached hydrogen (secondary N) is 1. The fourth-order valence-electron chi connectivity index (χ4n) is 2.89. The van der Waals surface area contributed by atoms with Crippen molar-refractivity contribution in [2.75, 3.05) is 6.54 Å². The third-order valence-corrected chi connectivity index (χ3v) is 4.23. The van der Waals surface area contributed by atoms with E-state index in [1.807, 2.05) is 6.92 Å². The molecular weight excluding hydrogens is 234 g/mol. The second-order valence-corrected chi connectivity index (χ2v) is 6.42. The molecule has 1 fully saturated rings. The lowest BCUT2D eigenvalue weighted by Gasteiger charge is -2.29. The summed E-state index contributed by atoms with van der Waals surface area (Å²) in [6.45, 7) is 7.05. The van der Waals surface area contributed by atoms with Gasteiger partial charge in [0, 0.05) is 12.0 Å². The van der Waals surface area contributed by atoms with Crippen molar-refractivity contribution in [3.05, 3.63) is 0 Å². The van der Waals surface area contributed by atoms with E-state index in [1.54, 1.807) is 0 Å². The second-order valence-electron chi connectivity index (χ2n) is 5.80. The van der Waals surface area contributed by atoms with Crippen molar-refractivity contribution in [2.24, 2.45) is 11.3 Å². The van der Waals surface area contributed by atoms with Crippen LogP contribution >= 0.6 is 11.6 Å². The average Bonchev–Trinajstić information content (AvgIpc) is 2.74. The van der Waals surface area contributed by atoms with Crippen LogP contribution in [0.2, 0.25) is 0 Å². The zero-order chi connectivity index (χ0) is 12.9. The van der Waals surface area contributed by atoms with Crippen molar-refractivity contribution in [1.82, 2.24) is 5.32 Å². The molecule has 0 spiro atoms. The van der Waals surface area contributed by atoms with E-state index in [9.17, 15) is 4.79 Å². The lowest BCUT2D eigenvalue weighted by molar-refractivity contribution is -0.131. The molecule has 0 bridgehead atoms. The summed E-state index contributed by atoms with van der Waals surface area (Å²) in [5, 5.41) is 3.12. The van der Waals surface area contributed by atoms with Crippen molar-refractivity contribution in [2.45, 2.75) is 64.7 Å². The standard InChI is InChI=1S/C14H26ClNO/c1-4-12(15)10-16-13(17)14(9-11(2)3)7-5-6-8-14/h11-12H,4-10H2,1-3H3,(H,16,17). The zero-order valence-corrected chi connectivity index (χ0v) is 12.1. The second kappa shape index (κ2) is 6.63. The molecule has 0 aliphatic heterocycles. The third kappa shape index (κ3) is 4.17. The topological polar surface area (TPSA) is 29.1 Å². The smallest absolute Gasteiger partial charge is 0.226 e. The minimum absolute atomic E-state index is 0.0662. The first-order chi connectivity index (χ1) is 8.00. The summed E-state index contributed by atoms with van der Waals surface area (Å²) in [6, 6.07) is 0. The van der Waals surface area contributed by atoms with Gasteiger partial charge in [-0.2, -0.15) is 0 Å². The van der Waals surface area contributed by atoms with Crippen LogP contribution in [-0.4, -0.2) is 17.8 Å². The highest BCUT2D eigenvalue weighted by Gasteiger charge is 2.41. The molecule has 1 unspecified atom stereocenters. The first-order valence-corrected chi connectivity index (χ1v) is 7.36. The fraction of sp³-hybridized carbons (Fsp3) is 0.929. The van der Waals surface area contributed by atoms with Gasteiger partial charge >= 0.3 is 0 Å². The van der Waals surface area contributed by atoms with Gasteiger partial charge in [0.25, 0.3) is 0 Å². The number of amides is 1. The molecule has 1 atom stereocenters. The number of hydrogen-bond donors (Lipinski definition) is 1. The monoisotopic (exact) mass is 259 g/mol. The van der Waals surface area contributed by atoms with Crippen LogP contribution in [0, 0.1) is 11.3 Å². The molecule has 17 heavy (non-hydrogen) atoms. The summed E-state index contributed by atoms with van der Waals surface area (Å²) in [5.41, 5.74) is -0.0987. The molecule has 1 N–H and O–H groups in total. The Bertz CT molecular complexity index is 247. The summed E-state index contributed by atoms with van der Waals surface area (Å²) in [6.07, 6.45) is 6.40. The zero-order valence-electron chi connectivity index (χ0n) is 11.4. The molecule has 0 radical (unpaired) electrons. The lowest BCUT2D eigenvalue weighted by atomic mass is 9.77. The number of hydrogen-bond acceptors (Lipinski definition) is 1. The maximum Gasteiger partial charge on any atom is 0.226 e. The first kappa shape index (κ1) is 14.8. The Morgan fingerprint density at radius 3 is 2.41 bits per heavy atom. The van der Waals surface area contributed by atoms with Crippen LogP contribution < -0.4 is 5.32 Å². The van der Waals surface area contributed by atoms with Gasteiger partial charge < -0.3 is 5.32 Å². The van der Waals surface area contributed by atoms with E-state index in [0.717, 1.165) is 25.7 Å². The highest BCUT2D eigenvalue weighted by atomic mass is 35.5. The summed E-state index contributed by atoms with van der Waals surface area (Å²) < 4.78 is 0. The van der Waals surface area contributed by atoms with Crippen LogP contribution in [0.1, 0.15) is 59.3 Å². The molecule has 0 aromatic carbocycles. The molecule has 1 rings (SSSR count). The molecule has 1 amide bonds. The molecule has 1 aliphatic rings. The third-order valence-electron chi connectivity index (χ3n) is 3.77. The maximum absolute atomic E-state index is 12.4. The van der Waals surface area contributed by atoms with E-state index in [1.165, 1.54) is 12.8 Å². The minimum atomic E-state index is -0.0987.